The summed E-state index contributed by atoms with van der Waals surface area (Å²) in [6.07, 6.45) is 4.20. The highest BCUT2D eigenvalue weighted by Gasteiger charge is 2.47. The summed E-state index contributed by atoms with van der Waals surface area (Å²) in [5, 5.41) is 0.782. The van der Waals surface area contributed by atoms with E-state index >= 15 is 0 Å². The fourth-order valence-corrected chi connectivity index (χ4v) is 3.01. The van der Waals surface area contributed by atoms with Gasteiger partial charge in [-0.25, -0.2) is 0 Å². The van der Waals surface area contributed by atoms with E-state index in [0.29, 0.717) is 5.41 Å². The molecule has 3 rings (SSSR count). The van der Waals surface area contributed by atoms with Gasteiger partial charge in [0, 0.05) is 24.2 Å². The third-order valence-corrected chi connectivity index (χ3v) is 4.08. The van der Waals surface area contributed by atoms with E-state index in [-0.39, 0.29) is 0 Å². The number of hydrogen-bond acceptors (Lipinski definition) is 2. The topological polar surface area (TPSA) is 29.3 Å². The first-order valence-electron chi connectivity index (χ1n) is 5.49. The molecule has 1 aromatic rings. The molecule has 1 saturated heterocycles. The van der Waals surface area contributed by atoms with Crippen molar-refractivity contribution >= 4 is 23.0 Å². The third kappa shape index (κ3) is 1.39. The molecule has 0 unspecified atom stereocenters. The van der Waals surface area contributed by atoms with Gasteiger partial charge in [-0.2, -0.15) is 0 Å². The van der Waals surface area contributed by atoms with E-state index in [1.54, 1.807) is 0 Å². The van der Waals surface area contributed by atoms with Gasteiger partial charge in [-0.1, -0.05) is 18.0 Å². The number of halogens is 1. The molecule has 1 aliphatic heterocycles. The van der Waals surface area contributed by atoms with Crippen LogP contribution < -0.4 is 10.6 Å². The van der Waals surface area contributed by atoms with Crippen molar-refractivity contribution < 1.29 is 0 Å². The predicted molar refractivity (Wildman–Crippen MR) is 64.4 cm³/mol. The van der Waals surface area contributed by atoms with Crippen LogP contribution in [0.2, 0.25) is 5.02 Å². The van der Waals surface area contributed by atoms with Crippen molar-refractivity contribution in [2.24, 2.45) is 5.41 Å². The Labute approximate surface area is 95.0 Å². The molecule has 2 fully saturated rings. The molecule has 2 nitrogen and oxygen atoms in total. The zero-order valence-electron chi connectivity index (χ0n) is 8.67. The van der Waals surface area contributed by atoms with Crippen LogP contribution in [0.3, 0.4) is 0 Å². The first-order valence-corrected chi connectivity index (χ1v) is 5.86. The number of anilines is 2. The Bertz CT molecular complexity index is 391. The number of nitrogen functional groups attached to an aromatic ring is 1. The molecule has 2 N–H and O–H groups in total. The van der Waals surface area contributed by atoms with Crippen LogP contribution in [0, 0.1) is 5.41 Å². The van der Waals surface area contributed by atoms with E-state index in [0.717, 1.165) is 16.4 Å². The van der Waals surface area contributed by atoms with Gasteiger partial charge in [0.2, 0.25) is 0 Å². The minimum Gasteiger partial charge on any atom is -0.399 e. The molecular weight excluding hydrogens is 208 g/mol. The molecule has 1 heterocycles. The number of benzene rings is 1. The summed E-state index contributed by atoms with van der Waals surface area (Å²) in [4.78, 5) is 2.36. The van der Waals surface area contributed by atoms with Crippen molar-refractivity contribution in [1.82, 2.24) is 0 Å². The first-order chi connectivity index (χ1) is 7.19. The molecule has 0 amide bonds. The largest absolute Gasteiger partial charge is 0.399 e. The predicted octanol–water partition coefficient (Wildman–Crippen LogP) is 2.91. The quantitative estimate of drug-likeness (QED) is 0.741. The number of nitrogens with zero attached hydrogens (tertiary/aromatic N) is 1. The maximum Gasteiger partial charge on any atom is 0.0660 e. The lowest BCUT2D eigenvalue weighted by Crippen LogP contribution is -2.59. The van der Waals surface area contributed by atoms with Crippen molar-refractivity contribution in [3.8, 4) is 0 Å². The highest BCUT2D eigenvalue weighted by atomic mass is 35.5. The average molecular weight is 223 g/mol. The Balaban J connectivity index is 1.77. The summed E-state index contributed by atoms with van der Waals surface area (Å²) in [5.41, 5.74) is 8.20. The molecule has 0 atom stereocenters. The van der Waals surface area contributed by atoms with Gasteiger partial charge in [0.1, 0.15) is 0 Å². The van der Waals surface area contributed by atoms with Gasteiger partial charge in [0.25, 0.3) is 0 Å². The maximum absolute atomic E-state index is 6.17. The lowest BCUT2D eigenvalue weighted by molar-refractivity contribution is 0.0904. The van der Waals surface area contributed by atoms with Crippen molar-refractivity contribution in [3.05, 3.63) is 23.2 Å². The number of rotatable bonds is 1. The molecule has 1 spiro atoms. The molecule has 3 heteroatoms. The van der Waals surface area contributed by atoms with Crippen LogP contribution in [-0.2, 0) is 0 Å². The highest BCUT2D eigenvalue weighted by Crippen LogP contribution is 2.50. The second-order valence-electron chi connectivity index (χ2n) is 4.92. The van der Waals surface area contributed by atoms with Gasteiger partial charge in [0.15, 0.2) is 0 Å². The summed E-state index contributed by atoms with van der Waals surface area (Å²) in [6, 6.07) is 5.79. The molecule has 15 heavy (non-hydrogen) atoms. The molecule has 1 aliphatic carbocycles. The number of hydrogen-bond donors (Lipinski definition) is 1. The molecule has 0 radical (unpaired) electrons. The van der Waals surface area contributed by atoms with E-state index in [4.69, 9.17) is 17.3 Å². The zero-order valence-corrected chi connectivity index (χ0v) is 9.43. The Morgan fingerprint density at radius 3 is 2.53 bits per heavy atom. The second-order valence-corrected chi connectivity index (χ2v) is 5.33. The fourth-order valence-electron chi connectivity index (χ4n) is 2.71. The Kier molecular flexibility index (Phi) is 1.90. The monoisotopic (exact) mass is 222 g/mol. The summed E-state index contributed by atoms with van der Waals surface area (Å²) in [7, 11) is 0. The lowest BCUT2D eigenvalue weighted by atomic mass is 9.63. The van der Waals surface area contributed by atoms with E-state index in [2.05, 4.69) is 4.90 Å². The van der Waals surface area contributed by atoms with Crippen LogP contribution in [0.1, 0.15) is 19.3 Å². The minimum absolute atomic E-state index is 0.644. The maximum atomic E-state index is 6.17. The van der Waals surface area contributed by atoms with Crippen LogP contribution in [0.25, 0.3) is 0 Å². The minimum atomic E-state index is 0.644. The van der Waals surface area contributed by atoms with E-state index in [9.17, 15) is 0 Å². The highest BCUT2D eigenvalue weighted by molar-refractivity contribution is 6.33. The summed E-state index contributed by atoms with van der Waals surface area (Å²) < 4.78 is 0. The van der Waals surface area contributed by atoms with Crippen LogP contribution in [0.5, 0.6) is 0 Å². The van der Waals surface area contributed by atoms with Crippen LogP contribution >= 0.6 is 11.6 Å². The van der Waals surface area contributed by atoms with Crippen molar-refractivity contribution in [2.75, 3.05) is 23.7 Å². The van der Waals surface area contributed by atoms with Gasteiger partial charge < -0.3 is 10.6 Å². The van der Waals surface area contributed by atoms with Crippen molar-refractivity contribution in [1.29, 1.82) is 0 Å². The average Bonchev–Trinajstić information content (AvgIpc) is 2.03. The third-order valence-electron chi connectivity index (χ3n) is 3.78. The van der Waals surface area contributed by atoms with E-state index in [1.807, 2.05) is 18.2 Å². The van der Waals surface area contributed by atoms with Gasteiger partial charge in [0.05, 0.1) is 10.7 Å². The standard InChI is InChI=1S/C12H15ClN2/c13-10-6-9(14)2-3-11(10)15-7-12(8-15)4-1-5-12/h2-3,6H,1,4-5,7-8,14H2. The molecule has 0 aromatic heterocycles. The van der Waals surface area contributed by atoms with Gasteiger partial charge in [-0.05, 0) is 31.0 Å². The van der Waals surface area contributed by atoms with Crippen LogP contribution in [0.15, 0.2) is 18.2 Å². The second kappa shape index (κ2) is 3.05. The lowest BCUT2D eigenvalue weighted by Gasteiger charge is -2.57. The van der Waals surface area contributed by atoms with Crippen LogP contribution in [0.4, 0.5) is 11.4 Å². The first kappa shape index (κ1) is 9.34. The molecule has 0 bridgehead atoms. The van der Waals surface area contributed by atoms with Gasteiger partial charge in [-0.3, -0.25) is 0 Å². The zero-order chi connectivity index (χ0) is 10.5. The summed E-state index contributed by atoms with van der Waals surface area (Å²) in [6.45, 7) is 2.35. The van der Waals surface area contributed by atoms with E-state index in [1.165, 1.54) is 32.4 Å². The van der Waals surface area contributed by atoms with Crippen LogP contribution in [-0.4, -0.2) is 13.1 Å². The normalized spacial score (nSPS) is 22.3. The Morgan fingerprint density at radius 1 is 1.27 bits per heavy atom. The van der Waals surface area contributed by atoms with Gasteiger partial charge >= 0.3 is 0 Å². The van der Waals surface area contributed by atoms with Crippen molar-refractivity contribution in [2.45, 2.75) is 19.3 Å². The molecular formula is C12H15ClN2. The molecule has 80 valence electrons. The van der Waals surface area contributed by atoms with E-state index < -0.39 is 0 Å². The molecule has 1 aromatic carbocycles. The van der Waals surface area contributed by atoms with Gasteiger partial charge in [-0.15, -0.1) is 0 Å². The van der Waals surface area contributed by atoms with Crippen molar-refractivity contribution in [3.63, 3.8) is 0 Å². The number of nitrogens with two attached hydrogens (primary N) is 1. The Hall–Kier alpha value is -0.890. The smallest absolute Gasteiger partial charge is 0.0660 e. The SMILES string of the molecule is Nc1ccc(N2CC3(CCC3)C2)c(Cl)c1. The summed E-state index contributed by atoms with van der Waals surface area (Å²) >= 11 is 6.17. The fraction of sp³-hybridized carbons (Fsp3) is 0.500. The molecule has 2 aliphatic rings. The summed E-state index contributed by atoms with van der Waals surface area (Å²) in [5.74, 6) is 0. The Morgan fingerprint density at radius 2 is 2.00 bits per heavy atom. The molecule has 1 saturated carbocycles.